The highest BCUT2D eigenvalue weighted by Crippen LogP contribution is 2.05. The molecule has 0 aliphatic carbocycles. The third kappa shape index (κ3) is 8.13. The van der Waals surface area contributed by atoms with Crippen LogP contribution in [0.1, 0.15) is 32.6 Å². The third-order valence-electron chi connectivity index (χ3n) is 4.13. The molecule has 162 valence electrons. The molecule has 1 heterocycles. The molecule has 4 unspecified atom stereocenters. The zero-order chi connectivity index (χ0) is 22.1. The van der Waals surface area contributed by atoms with E-state index in [-0.39, 0.29) is 0 Å². The predicted molar refractivity (Wildman–Crippen MR) is 94.6 cm³/mol. The number of amides is 3. The van der Waals surface area contributed by atoms with Crippen molar-refractivity contribution in [2.75, 3.05) is 6.54 Å². The van der Waals surface area contributed by atoms with Gasteiger partial charge in [0, 0.05) is 0 Å². The molecule has 0 saturated carbocycles. The van der Waals surface area contributed by atoms with Crippen LogP contribution < -0.4 is 21.3 Å². The van der Waals surface area contributed by atoms with E-state index in [0.717, 1.165) is 6.42 Å². The summed E-state index contributed by atoms with van der Waals surface area (Å²) < 4.78 is 0. The fourth-order valence-corrected chi connectivity index (χ4v) is 2.62. The molecular weight excluding hydrogens is 392 g/mol. The summed E-state index contributed by atoms with van der Waals surface area (Å²) in [5.41, 5.74) is 0. The topological polar surface area (TPSA) is 211 Å². The maximum Gasteiger partial charge on any atom is 0.326 e. The largest absolute Gasteiger partial charge is 0.481 e. The van der Waals surface area contributed by atoms with Gasteiger partial charge in [-0.25, -0.2) is 4.79 Å². The van der Waals surface area contributed by atoms with Gasteiger partial charge in [0.25, 0.3) is 0 Å². The average molecular weight is 416 g/mol. The van der Waals surface area contributed by atoms with Crippen LogP contribution in [0.4, 0.5) is 0 Å². The van der Waals surface area contributed by atoms with E-state index in [9.17, 15) is 28.8 Å². The number of carboxylic acid groups (broad SMARTS) is 3. The second kappa shape index (κ2) is 10.9. The molecule has 29 heavy (non-hydrogen) atoms. The highest BCUT2D eigenvalue weighted by atomic mass is 16.4. The van der Waals surface area contributed by atoms with Crippen LogP contribution in [-0.4, -0.2) is 81.7 Å². The predicted octanol–water partition coefficient (Wildman–Crippen LogP) is -2.75. The summed E-state index contributed by atoms with van der Waals surface area (Å²) in [6, 6.07) is -5.02. The van der Waals surface area contributed by atoms with Gasteiger partial charge in [-0.2, -0.15) is 0 Å². The quantitative estimate of drug-likeness (QED) is 0.184. The summed E-state index contributed by atoms with van der Waals surface area (Å²) in [5, 5.41) is 36.0. The van der Waals surface area contributed by atoms with Crippen LogP contribution in [0.15, 0.2) is 0 Å². The summed E-state index contributed by atoms with van der Waals surface area (Å²) in [4.78, 5) is 69.3. The van der Waals surface area contributed by atoms with Gasteiger partial charge in [-0.05, 0) is 26.3 Å². The van der Waals surface area contributed by atoms with Crippen LogP contribution in [0.2, 0.25) is 0 Å². The van der Waals surface area contributed by atoms with Crippen molar-refractivity contribution >= 4 is 35.6 Å². The Morgan fingerprint density at radius 1 is 0.897 bits per heavy atom. The van der Waals surface area contributed by atoms with Gasteiger partial charge in [0.05, 0.1) is 18.9 Å². The van der Waals surface area contributed by atoms with Crippen molar-refractivity contribution in [2.45, 2.75) is 56.8 Å². The average Bonchev–Trinajstić information content (AvgIpc) is 3.14. The minimum Gasteiger partial charge on any atom is -0.481 e. The molecule has 0 aromatic carbocycles. The van der Waals surface area contributed by atoms with E-state index in [1.165, 1.54) is 6.92 Å². The Morgan fingerprint density at radius 2 is 1.45 bits per heavy atom. The molecule has 0 bridgehead atoms. The van der Waals surface area contributed by atoms with Crippen LogP contribution in [0.3, 0.4) is 0 Å². The molecule has 7 N–H and O–H groups in total. The summed E-state index contributed by atoms with van der Waals surface area (Å²) in [5.74, 6) is -7.04. The van der Waals surface area contributed by atoms with Crippen LogP contribution in [0.25, 0.3) is 0 Å². The van der Waals surface area contributed by atoms with Gasteiger partial charge < -0.3 is 36.6 Å². The Morgan fingerprint density at radius 3 is 1.93 bits per heavy atom. The second-order valence-corrected chi connectivity index (χ2v) is 6.54. The number of carbonyl (C=O) groups is 6. The minimum absolute atomic E-state index is 0.420. The lowest BCUT2D eigenvalue weighted by atomic mass is 10.1. The smallest absolute Gasteiger partial charge is 0.326 e. The van der Waals surface area contributed by atoms with E-state index in [4.69, 9.17) is 15.3 Å². The first-order valence-electron chi connectivity index (χ1n) is 8.82. The minimum atomic E-state index is -1.81. The number of hydrogen-bond donors (Lipinski definition) is 7. The number of carboxylic acids is 3. The van der Waals surface area contributed by atoms with Crippen molar-refractivity contribution in [3.05, 3.63) is 0 Å². The molecule has 4 atom stereocenters. The van der Waals surface area contributed by atoms with E-state index in [1.807, 2.05) is 5.32 Å². The van der Waals surface area contributed by atoms with Gasteiger partial charge in [0.1, 0.15) is 18.1 Å². The molecule has 3 amide bonds. The van der Waals surface area contributed by atoms with E-state index in [1.54, 1.807) is 0 Å². The molecule has 0 aromatic heterocycles. The molecule has 1 aliphatic rings. The molecule has 13 nitrogen and oxygen atoms in total. The number of hydrogen-bond acceptors (Lipinski definition) is 7. The van der Waals surface area contributed by atoms with Gasteiger partial charge >= 0.3 is 17.9 Å². The van der Waals surface area contributed by atoms with Gasteiger partial charge in [0.15, 0.2) is 0 Å². The summed E-state index contributed by atoms with van der Waals surface area (Å²) in [6.45, 7) is 2.00. The van der Waals surface area contributed by atoms with Crippen molar-refractivity contribution in [1.29, 1.82) is 0 Å². The first-order valence-corrected chi connectivity index (χ1v) is 8.82. The Labute approximate surface area is 165 Å². The van der Waals surface area contributed by atoms with Gasteiger partial charge in [-0.1, -0.05) is 0 Å². The van der Waals surface area contributed by atoms with Crippen molar-refractivity contribution in [1.82, 2.24) is 21.3 Å². The molecule has 1 aliphatic heterocycles. The first kappa shape index (κ1) is 23.8. The number of nitrogens with one attached hydrogen (secondary N) is 4. The lowest BCUT2D eigenvalue weighted by molar-refractivity contribution is -0.148. The SMILES string of the molecule is CC(NC(=O)C1CCCN1)C(=O)NC(CC(=O)O)C(=O)NC(CC(=O)O)C(=O)O. The Hall–Kier alpha value is -3.22. The zero-order valence-electron chi connectivity index (χ0n) is 15.6. The van der Waals surface area contributed by atoms with E-state index >= 15 is 0 Å². The third-order valence-corrected chi connectivity index (χ3v) is 4.13. The maximum atomic E-state index is 12.3. The van der Waals surface area contributed by atoms with E-state index < -0.39 is 72.6 Å². The zero-order valence-corrected chi connectivity index (χ0v) is 15.6. The van der Waals surface area contributed by atoms with Crippen molar-refractivity contribution in [2.24, 2.45) is 0 Å². The Kier molecular flexibility index (Phi) is 8.99. The summed E-state index contributed by atoms with van der Waals surface area (Å²) in [7, 11) is 0. The lowest BCUT2D eigenvalue weighted by Crippen LogP contribution is -2.56. The van der Waals surface area contributed by atoms with Gasteiger partial charge in [-0.15, -0.1) is 0 Å². The van der Waals surface area contributed by atoms with E-state index in [0.29, 0.717) is 13.0 Å². The number of carbonyl (C=O) groups excluding carboxylic acids is 3. The molecule has 1 saturated heterocycles. The molecule has 13 heteroatoms. The summed E-state index contributed by atoms with van der Waals surface area (Å²) in [6.07, 6.45) is -0.400. The molecular formula is C16H24N4O9. The first-order chi connectivity index (χ1) is 13.5. The Balaban J connectivity index is 2.74. The fraction of sp³-hybridized carbons (Fsp3) is 0.625. The molecule has 0 radical (unpaired) electrons. The number of rotatable bonds is 11. The molecule has 1 rings (SSSR count). The molecule has 1 fully saturated rings. The van der Waals surface area contributed by atoms with Crippen LogP contribution in [0.5, 0.6) is 0 Å². The van der Waals surface area contributed by atoms with Crippen molar-refractivity contribution in [3.8, 4) is 0 Å². The fourth-order valence-electron chi connectivity index (χ4n) is 2.62. The second-order valence-electron chi connectivity index (χ2n) is 6.54. The van der Waals surface area contributed by atoms with Crippen molar-refractivity contribution in [3.63, 3.8) is 0 Å². The normalized spacial score (nSPS) is 18.7. The molecule has 0 spiro atoms. The van der Waals surface area contributed by atoms with E-state index in [2.05, 4.69) is 16.0 Å². The van der Waals surface area contributed by atoms with Crippen LogP contribution in [-0.2, 0) is 28.8 Å². The maximum absolute atomic E-state index is 12.3. The highest BCUT2D eigenvalue weighted by molar-refractivity contribution is 5.96. The summed E-state index contributed by atoms with van der Waals surface area (Å²) >= 11 is 0. The van der Waals surface area contributed by atoms with Crippen LogP contribution in [0, 0.1) is 0 Å². The standard InChI is InChI=1S/C16H24N4O9/c1-7(18-14(26)8-3-2-4-17-8)13(25)19-9(5-11(21)22)15(27)20-10(16(28)29)6-12(23)24/h7-10,17H,2-6H2,1H3,(H,18,26)(H,19,25)(H,20,27)(H,21,22)(H,23,24)(H,28,29). The monoisotopic (exact) mass is 416 g/mol. The van der Waals surface area contributed by atoms with Gasteiger partial charge in [0.2, 0.25) is 17.7 Å². The van der Waals surface area contributed by atoms with Crippen LogP contribution >= 0.6 is 0 Å². The van der Waals surface area contributed by atoms with Gasteiger partial charge in [-0.3, -0.25) is 24.0 Å². The number of aliphatic carboxylic acids is 3. The molecule has 0 aromatic rings. The lowest BCUT2D eigenvalue weighted by Gasteiger charge is -2.22. The Bertz CT molecular complexity index is 675. The highest BCUT2D eigenvalue weighted by Gasteiger charge is 2.31. The van der Waals surface area contributed by atoms with Crippen molar-refractivity contribution < 1.29 is 44.1 Å².